The second-order valence-electron chi connectivity index (χ2n) is 8.41. The Balaban J connectivity index is 1.46. The maximum absolute atomic E-state index is 12.9. The first-order valence-electron chi connectivity index (χ1n) is 9.51. The average molecular weight is 418 g/mol. The SMILES string of the molecule is CC1(NC[C@H]2OC[C@H](Nc3cncc(C(F)(F)F)n3)C3OC(C)(C)OC32)COC1. The molecule has 2 N–H and O–H groups in total. The topological polar surface area (TPSA) is 86.8 Å². The van der Waals surface area contributed by atoms with Gasteiger partial charge >= 0.3 is 6.18 Å². The molecule has 11 heteroatoms. The largest absolute Gasteiger partial charge is 0.434 e. The number of halogens is 3. The molecule has 3 aliphatic rings. The van der Waals surface area contributed by atoms with Gasteiger partial charge in [-0.25, -0.2) is 4.98 Å². The molecule has 0 saturated carbocycles. The standard InChI is InChI=1S/C18H25F3N4O4/c1-16(2)28-14-10(24-13-6-22-5-12(25-13)18(19,20)21)7-27-11(15(14)29-16)4-23-17(3)8-26-9-17/h5-6,10-11,14-15,23H,4,7-9H2,1-3H3,(H,24,25)/t10-,11+,14?,15?/m0/s1. The van der Waals surface area contributed by atoms with Crippen molar-refractivity contribution in [3.05, 3.63) is 18.1 Å². The molecule has 0 bridgehead atoms. The molecular formula is C18H25F3N4O4. The number of rotatable bonds is 5. The van der Waals surface area contributed by atoms with E-state index in [9.17, 15) is 13.2 Å². The van der Waals surface area contributed by atoms with Crippen LogP contribution in [0.2, 0.25) is 0 Å². The van der Waals surface area contributed by atoms with E-state index >= 15 is 0 Å². The lowest BCUT2D eigenvalue weighted by atomic mass is 9.95. The van der Waals surface area contributed by atoms with Crippen molar-refractivity contribution in [3.63, 3.8) is 0 Å². The first-order chi connectivity index (χ1) is 13.5. The van der Waals surface area contributed by atoms with Gasteiger partial charge in [-0.1, -0.05) is 0 Å². The van der Waals surface area contributed by atoms with Crippen LogP contribution in [0.1, 0.15) is 26.5 Å². The molecule has 2 unspecified atom stereocenters. The Hall–Kier alpha value is -1.53. The third kappa shape index (κ3) is 4.48. The number of alkyl halides is 3. The van der Waals surface area contributed by atoms with E-state index in [4.69, 9.17) is 18.9 Å². The van der Waals surface area contributed by atoms with Crippen molar-refractivity contribution in [1.29, 1.82) is 0 Å². The molecule has 3 saturated heterocycles. The van der Waals surface area contributed by atoms with Crippen LogP contribution in [0.4, 0.5) is 19.0 Å². The third-order valence-electron chi connectivity index (χ3n) is 5.25. The zero-order valence-corrected chi connectivity index (χ0v) is 16.5. The smallest absolute Gasteiger partial charge is 0.377 e. The van der Waals surface area contributed by atoms with Crippen LogP contribution in [0.5, 0.6) is 0 Å². The van der Waals surface area contributed by atoms with Gasteiger partial charge in [0.1, 0.15) is 18.0 Å². The molecule has 0 spiro atoms. The number of hydrogen-bond donors (Lipinski definition) is 2. The van der Waals surface area contributed by atoms with Crippen LogP contribution >= 0.6 is 0 Å². The molecule has 8 nitrogen and oxygen atoms in total. The molecule has 0 radical (unpaired) electrons. The fourth-order valence-electron chi connectivity index (χ4n) is 3.75. The van der Waals surface area contributed by atoms with Gasteiger partial charge in [0.25, 0.3) is 0 Å². The van der Waals surface area contributed by atoms with Crippen LogP contribution in [0.15, 0.2) is 12.4 Å². The van der Waals surface area contributed by atoms with Gasteiger partial charge in [0.05, 0.1) is 49.9 Å². The van der Waals surface area contributed by atoms with E-state index in [1.54, 1.807) is 13.8 Å². The minimum atomic E-state index is -4.57. The summed E-state index contributed by atoms with van der Waals surface area (Å²) in [5, 5.41) is 6.41. The zero-order chi connectivity index (χ0) is 20.9. The first kappa shape index (κ1) is 20.7. The average Bonchev–Trinajstić information content (AvgIpc) is 2.94. The number of nitrogens with zero attached hydrogens (tertiary/aromatic N) is 2. The maximum Gasteiger partial charge on any atom is 0.434 e. The Morgan fingerprint density at radius 1 is 1.14 bits per heavy atom. The van der Waals surface area contributed by atoms with Crippen molar-refractivity contribution < 1.29 is 32.1 Å². The number of hydrogen-bond acceptors (Lipinski definition) is 8. The Morgan fingerprint density at radius 2 is 1.86 bits per heavy atom. The Bertz CT molecular complexity index is 744. The van der Waals surface area contributed by atoms with Gasteiger partial charge in [0.2, 0.25) is 0 Å². The summed E-state index contributed by atoms with van der Waals surface area (Å²) in [5.41, 5.74) is -1.14. The van der Waals surface area contributed by atoms with Crippen molar-refractivity contribution in [2.24, 2.45) is 0 Å². The van der Waals surface area contributed by atoms with Crippen LogP contribution in [-0.4, -0.2) is 72.0 Å². The lowest BCUT2D eigenvalue weighted by Crippen LogP contribution is -2.63. The highest BCUT2D eigenvalue weighted by atomic mass is 19.4. The van der Waals surface area contributed by atoms with Crippen LogP contribution in [0.3, 0.4) is 0 Å². The van der Waals surface area contributed by atoms with Crippen molar-refractivity contribution >= 4 is 5.82 Å². The number of aromatic nitrogens is 2. The van der Waals surface area contributed by atoms with Gasteiger partial charge < -0.3 is 29.6 Å². The molecule has 1 aromatic rings. The molecule has 4 rings (SSSR count). The summed E-state index contributed by atoms with van der Waals surface area (Å²) >= 11 is 0. The van der Waals surface area contributed by atoms with Crippen molar-refractivity contribution in [3.8, 4) is 0 Å². The van der Waals surface area contributed by atoms with Crippen molar-refractivity contribution in [2.75, 3.05) is 31.7 Å². The van der Waals surface area contributed by atoms with Crippen molar-refractivity contribution in [1.82, 2.24) is 15.3 Å². The molecule has 4 heterocycles. The van der Waals surface area contributed by atoms with Gasteiger partial charge in [-0.2, -0.15) is 13.2 Å². The number of nitrogens with one attached hydrogen (secondary N) is 2. The summed E-state index contributed by atoms with van der Waals surface area (Å²) in [6, 6.07) is -0.432. The molecule has 1 aromatic heterocycles. The molecule has 3 fully saturated rings. The van der Waals surface area contributed by atoms with Gasteiger partial charge in [0.15, 0.2) is 11.5 Å². The molecule has 4 atom stereocenters. The number of ether oxygens (including phenoxy) is 4. The monoisotopic (exact) mass is 418 g/mol. The predicted octanol–water partition coefficient (Wildman–Crippen LogP) is 1.57. The molecule has 3 aliphatic heterocycles. The molecule has 162 valence electrons. The van der Waals surface area contributed by atoms with E-state index in [2.05, 4.69) is 27.5 Å². The highest BCUT2D eigenvalue weighted by Gasteiger charge is 2.52. The zero-order valence-electron chi connectivity index (χ0n) is 16.5. The first-order valence-corrected chi connectivity index (χ1v) is 9.51. The van der Waals surface area contributed by atoms with E-state index < -0.39 is 29.8 Å². The summed E-state index contributed by atoms with van der Waals surface area (Å²) in [7, 11) is 0. The maximum atomic E-state index is 12.9. The van der Waals surface area contributed by atoms with Gasteiger partial charge in [0, 0.05) is 6.54 Å². The second-order valence-corrected chi connectivity index (χ2v) is 8.41. The predicted molar refractivity (Wildman–Crippen MR) is 95.2 cm³/mol. The molecule has 0 amide bonds. The number of fused-ring (bicyclic) bond motifs is 1. The summed E-state index contributed by atoms with van der Waals surface area (Å²) in [5.74, 6) is -0.819. The molecule has 0 aliphatic carbocycles. The van der Waals surface area contributed by atoms with Crippen LogP contribution < -0.4 is 10.6 Å². The highest BCUT2D eigenvalue weighted by Crippen LogP contribution is 2.36. The van der Waals surface area contributed by atoms with Crippen molar-refractivity contribution in [2.45, 2.75) is 62.6 Å². The summed E-state index contributed by atoms with van der Waals surface area (Å²) in [4.78, 5) is 7.26. The van der Waals surface area contributed by atoms with E-state index in [1.807, 2.05) is 0 Å². The van der Waals surface area contributed by atoms with Gasteiger partial charge in [-0.05, 0) is 20.8 Å². The van der Waals surface area contributed by atoms with Gasteiger partial charge in [-0.15, -0.1) is 0 Å². The van der Waals surface area contributed by atoms with Crippen LogP contribution in [-0.2, 0) is 25.1 Å². The lowest BCUT2D eigenvalue weighted by molar-refractivity contribution is -0.154. The van der Waals surface area contributed by atoms with E-state index in [-0.39, 0.29) is 30.2 Å². The molecule has 29 heavy (non-hydrogen) atoms. The van der Waals surface area contributed by atoms with Crippen LogP contribution in [0, 0.1) is 0 Å². The lowest BCUT2D eigenvalue weighted by Gasteiger charge is -2.42. The normalized spacial score (nSPS) is 33.0. The number of anilines is 1. The Morgan fingerprint density at radius 3 is 2.52 bits per heavy atom. The third-order valence-corrected chi connectivity index (χ3v) is 5.25. The Kier molecular flexibility index (Phi) is 5.23. The summed E-state index contributed by atoms with van der Waals surface area (Å²) < 4.78 is 62.1. The molecule has 0 aromatic carbocycles. The second kappa shape index (κ2) is 7.31. The van der Waals surface area contributed by atoms with E-state index in [0.29, 0.717) is 26.0 Å². The van der Waals surface area contributed by atoms with E-state index in [0.717, 1.165) is 0 Å². The highest BCUT2D eigenvalue weighted by molar-refractivity contribution is 5.35. The molecular weight excluding hydrogens is 393 g/mol. The van der Waals surface area contributed by atoms with Gasteiger partial charge in [-0.3, -0.25) is 4.98 Å². The summed E-state index contributed by atoms with van der Waals surface area (Å²) in [6.07, 6.45) is -3.68. The fraction of sp³-hybridized carbons (Fsp3) is 0.778. The van der Waals surface area contributed by atoms with E-state index in [1.165, 1.54) is 6.20 Å². The fourth-order valence-corrected chi connectivity index (χ4v) is 3.75. The minimum absolute atomic E-state index is 0.0104. The summed E-state index contributed by atoms with van der Waals surface area (Å²) in [6.45, 7) is 7.73. The minimum Gasteiger partial charge on any atom is -0.377 e. The quantitative estimate of drug-likeness (QED) is 0.746. The Labute approximate surface area is 166 Å². The van der Waals surface area contributed by atoms with Crippen LogP contribution in [0.25, 0.3) is 0 Å².